The number of rotatable bonds is 2. The van der Waals surface area contributed by atoms with Crippen molar-refractivity contribution in [1.82, 2.24) is 10.2 Å². The molecular formula is C10H6Br2N2O2. The third-order valence-electron chi connectivity index (χ3n) is 2.02. The molecule has 0 saturated heterocycles. The number of halogens is 2. The first kappa shape index (κ1) is 11.3. The van der Waals surface area contributed by atoms with Crippen molar-refractivity contribution in [2.24, 2.45) is 0 Å². The Morgan fingerprint density at radius 3 is 2.56 bits per heavy atom. The van der Waals surface area contributed by atoms with E-state index in [4.69, 9.17) is 5.11 Å². The van der Waals surface area contributed by atoms with Gasteiger partial charge in [-0.15, -0.1) is 0 Å². The van der Waals surface area contributed by atoms with Gasteiger partial charge in [-0.2, -0.15) is 5.10 Å². The van der Waals surface area contributed by atoms with Crippen molar-refractivity contribution in [2.45, 2.75) is 0 Å². The topological polar surface area (TPSA) is 66.0 Å². The predicted molar refractivity (Wildman–Crippen MR) is 66.4 cm³/mol. The van der Waals surface area contributed by atoms with E-state index in [1.54, 1.807) is 0 Å². The zero-order valence-corrected chi connectivity index (χ0v) is 11.0. The summed E-state index contributed by atoms with van der Waals surface area (Å²) < 4.78 is 1.83. The van der Waals surface area contributed by atoms with Gasteiger partial charge in [-0.25, -0.2) is 4.79 Å². The number of aromatic amines is 1. The Morgan fingerprint density at radius 2 is 2.00 bits per heavy atom. The maximum absolute atomic E-state index is 10.7. The Bertz CT molecular complexity index is 552. The van der Waals surface area contributed by atoms with E-state index >= 15 is 0 Å². The lowest BCUT2D eigenvalue weighted by Crippen LogP contribution is -1.95. The Morgan fingerprint density at radius 1 is 1.25 bits per heavy atom. The first-order valence-electron chi connectivity index (χ1n) is 4.32. The van der Waals surface area contributed by atoms with Crippen LogP contribution in [0.4, 0.5) is 0 Å². The van der Waals surface area contributed by atoms with E-state index in [-0.39, 0.29) is 5.69 Å². The van der Waals surface area contributed by atoms with Crippen LogP contribution < -0.4 is 0 Å². The summed E-state index contributed by atoms with van der Waals surface area (Å²) in [5.41, 5.74) is 1.53. The molecule has 4 nitrogen and oxygen atoms in total. The molecule has 0 aliphatic carbocycles. The fourth-order valence-electron chi connectivity index (χ4n) is 1.23. The molecule has 0 amide bonds. The number of hydrogen-bond acceptors (Lipinski definition) is 2. The van der Waals surface area contributed by atoms with Gasteiger partial charge in [-0.3, -0.25) is 5.10 Å². The van der Waals surface area contributed by atoms with Crippen LogP contribution in [-0.4, -0.2) is 21.3 Å². The van der Waals surface area contributed by atoms with Gasteiger partial charge in [0.2, 0.25) is 0 Å². The minimum absolute atomic E-state index is 0.0778. The molecule has 0 bridgehead atoms. The van der Waals surface area contributed by atoms with Crippen LogP contribution in [0.25, 0.3) is 11.3 Å². The number of nitrogens with one attached hydrogen (secondary N) is 1. The molecule has 1 heterocycles. The highest BCUT2D eigenvalue weighted by atomic mass is 79.9. The van der Waals surface area contributed by atoms with E-state index < -0.39 is 5.97 Å². The Kier molecular flexibility index (Phi) is 3.11. The highest BCUT2D eigenvalue weighted by molar-refractivity contribution is 9.13. The van der Waals surface area contributed by atoms with Crippen LogP contribution in [0.3, 0.4) is 0 Å². The molecule has 1 aromatic heterocycles. The van der Waals surface area contributed by atoms with Crippen LogP contribution in [0.15, 0.2) is 33.2 Å². The zero-order chi connectivity index (χ0) is 11.7. The fourth-order valence-corrected chi connectivity index (χ4v) is 1.86. The summed E-state index contributed by atoms with van der Waals surface area (Å²) in [5.74, 6) is -1.02. The number of H-pyrrole nitrogens is 1. The van der Waals surface area contributed by atoms with Gasteiger partial charge in [0.25, 0.3) is 0 Å². The molecular weight excluding hydrogens is 340 g/mol. The van der Waals surface area contributed by atoms with Gasteiger partial charge in [-0.05, 0) is 50.1 Å². The molecule has 82 valence electrons. The second kappa shape index (κ2) is 4.39. The van der Waals surface area contributed by atoms with Crippen LogP contribution in [0.5, 0.6) is 0 Å². The molecule has 1 aromatic carbocycles. The Balaban J connectivity index is 2.42. The second-order valence-corrected chi connectivity index (χ2v) is 4.81. The Labute approximate surface area is 108 Å². The van der Waals surface area contributed by atoms with E-state index in [1.807, 2.05) is 18.2 Å². The van der Waals surface area contributed by atoms with Crippen molar-refractivity contribution in [3.63, 3.8) is 0 Å². The van der Waals surface area contributed by atoms with Gasteiger partial charge in [0.15, 0.2) is 0 Å². The molecule has 0 spiro atoms. The quantitative estimate of drug-likeness (QED) is 0.877. The predicted octanol–water partition coefficient (Wildman–Crippen LogP) is 3.30. The zero-order valence-electron chi connectivity index (χ0n) is 7.87. The second-order valence-electron chi connectivity index (χ2n) is 3.10. The highest BCUT2D eigenvalue weighted by Crippen LogP contribution is 2.28. The molecule has 6 heteroatoms. The average Bonchev–Trinajstić information content (AvgIpc) is 2.71. The highest BCUT2D eigenvalue weighted by Gasteiger charge is 2.09. The maximum Gasteiger partial charge on any atom is 0.353 e. The molecule has 0 radical (unpaired) electrons. The van der Waals surface area contributed by atoms with Crippen molar-refractivity contribution in [2.75, 3.05) is 0 Å². The van der Waals surface area contributed by atoms with Crippen molar-refractivity contribution < 1.29 is 9.90 Å². The summed E-state index contributed by atoms with van der Waals surface area (Å²) in [5, 5.41) is 15.2. The van der Waals surface area contributed by atoms with E-state index in [0.29, 0.717) is 5.69 Å². The third kappa shape index (κ3) is 2.17. The van der Waals surface area contributed by atoms with Crippen LogP contribution in [0.2, 0.25) is 0 Å². The SMILES string of the molecule is O=C(O)c1cc(-c2ccc(Br)c(Br)c2)n[nH]1. The number of aromatic carboxylic acids is 1. The van der Waals surface area contributed by atoms with Crippen molar-refractivity contribution in [1.29, 1.82) is 0 Å². The largest absolute Gasteiger partial charge is 0.477 e. The number of hydrogen-bond donors (Lipinski definition) is 2. The molecule has 16 heavy (non-hydrogen) atoms. The van der Waals surface area contributed by atoms with Crippen LogP contribution in [0, 0.1) is 0 Å². The molecule has 0 aliphatic heterocycles. The summed E-state index contributed by atoms with van der Waals surface area (Å²) >= 11 is 6.74. The van der Waals surface area contributed by atoms with Crippen molar-refractivity contribution in [3.8, 4) is 11.3 Å². The molecule has 0 unspecified atom stereocenters. The molecule has 0 atom stereocenters. The maximum atomic E-state index is 10.7. The first-order chi connectivity index (χ1) is 7.58. The van der Waals surface area contributed by atoms with Gasteiger partial charge < -0.3 is 5.11 Å². The van der Waals surface area contributed by atoms with E-state index in [2.05, 4.69) is 42.1 Å². The summed E-state index contributed by atoms with van der Waals surface area (Å²) in [6.07, 6.45) is 0. The fraction of sp³-hybridized carbons (Fsp3) is 0. The van der Waals surface area contributed by atoms with Crippen LogP contribution in [-0.2, 0) is 0 Å². The lowest BCUT2D eigenvalue weighted by molar-refractivity contribution is 0.0690. The molecule has 2 rings (SSSR count). The van der Waals surface area contributed by atoms with Gasteiger partial charge in [0.1, 0.15) is 5.69 Å². The number of aromatic nitrogens is 2. The summed E-state index contributed by atoms with van der Waals surface area (Å²) in [6.45, 7) is 0. The lowest BCUT2D eigenvalue weighted by atomic mass is 10.1. The molecule has 2 N–H and O–H groups in total. The number of carbonyl (C=O) groups is 1. The summed E-state index contributed by atoms with van der Waals surface area (Å²) in [4.78, 5) is 10.7. The third-order valence-corrected chi connectivity index (χ3v) is 3.90. The minimum Gasteiger partial charge on any atom is -0.477 e. The molecule has 2 aromatic rings. The molecule has 0 fully saturated rings. The average molecular weight is 346 g/mol. The summed E-state index contributed by atoms with van der Waals surface area (Å²) in [7, 11) is 0. The van der Waals surface area contributed by atoms with Gasteiger partial charge in [-0.1, -0.05) is 6.07 Å². The minimum atomic E-state index is -1.02. The Hall–Kier alpha value is -1.14. The van der Waals surface area contributed by atoms with E-state index in [1.165, 1.54) is 6.07 Å². The molecule has 0 saturated carbocycles. The number of benzene rings is 1. The first-order valence-corrected chi connectivity index (χ1v) is 5.90. The van der Waals surface area contributed by atoms with Gasteiger partial charge in [0, 0.05) is 14.5 Å². The van der Waals surface area contributed by atoms with E-state index in [0.717, 1.165) is 14.5 Å². The van der Waals surface area contributed by atoms with Crippen LogP contribution in [0.1, 0.15) is 10.5 Å². The monoisotopic (exact) mass is 344 g/mol. The normalized spacial score (nSPS) is 10.4. The van der Waals surface area contributed by atoms with Crippen molar-refractivity contribution >= 4 is 37.8 Å². The number of carboxylic acid groups (broad SMARTS) is 1. The molecule has 0 aliphatic rings. The van der Waals surface area contributed by atoms with Gasteiger partial charge in [0.05, 0.1) is 5.69 Å². The van der Waals surface area contributed by atoms with Crippen LogP contribution >= 0.6 is 31.9 Å². The summed E-state index contributed by atoms with van der Waals surface area (Å²) in [6, 6.07) is 7.09. The van der Waals surface area contributed by atoms with E-state index in [9.17, 15) is 4.79 Å². The number of carboxylic acids is 1. The lowest BCUT2D eigenvalue weighted by Gasteiger charge is -1.99. The standard InChI is InChI=1S/C10H6Br2N2O2/c11-6-2-1-5(3-7(6)12)8-4-9(10(15)16)14-13-8/h1-4H,(H,13,14)(H,15,16). The van der Waals surface area contributed by atoms with Crippen molar-refractivity contribution in [3.05, 3.63) is 38.9 Å². The number of nitrogens with zero attached hydrogens (tertiary/aromatic N) is 1. The smallest absolute Gasteiger partial charge is 0.353 e. The van der Waals surface area contributed by atoms with Gasteiger partial charge >= 0.3 is 5.97 Å².